The van der Waals surface area contributed by atoms with Gasteiger partial charge in [-0.15, -0.1) is 0 Å². The molecule has 0 aromatic heterocycles. The minimum Gasteiger partial charge on any atom is -0.382 e. The van der Waals surface area contributed by atoms with E-state index >= 15 is 0 Å². The van der Waals surface area contributed by atoms with Gasteiger partial charge in [0.2, 0.25) is 0 Å². The van der Waals surface area contributed by atoms with Crippen molar-refractivity contribution in [1.29, 1.82) is 0 Å². The molecule has 1 aromatic rings. The monoisotopic (exact) mass is 221 g/mol. The summed E-state index contributed by atoms with van der Waals surface area (Å²) in [6.07, 6.45) is 2.46. The van der Waals surface area contributed by atoms with Gasteiger partial charge in [-0.25, -0.2) is 0 Å². The quantitative estimate of drug-likeness (QED) is 0.784. The van der Waals surface area contributed by atoms with Gasteiger partial charge < -0.3 is 10.1 Å². The molecule has 1 unspecified atom stereocenters. The van der Waals surface area contributed by atoms with Crippen molar-refractivity contribution in [2.45, 2.75) is 45.8 Å². The van der Waals surface area contributed by atoms with Crippen LogP contribution in [0.25, 0.3) is 0 Å². The van der Waals surface area contributed by atoms with E-state index < -0.39 is 0 Å². The van der Waals surface area contributed by atoms with Crippen molar-refractivity contribution in [1.82, 2.24) is 0 Å². The molecule has 2 heteroatoms. The third kappa shape index (κ3) is 3.53. The number of ether oxygens (including phenoxy) is 1. The number of hydrogen-bond donors (Lipinski definition) is 1. The third-order valence-electron chi connectivity index (χ3n) is 3.07. The van der Waals surface area contributed by atoms with Gasteiger partial charge in [0.1, 0.15) is 0 Å². The Labute approximate surface area is 99.0 Å². The number of hydrogen-bond acceptors (Lipinski definition) is 2. The second-order valence-corrected chi connectivity index (χ2v) is 4.16. The molecule has 0 saturated carbocycles. The molecule has 0 radical (unpaired) electrons. The summed E-state index contributed by atoms with van der Waals surface area (Å²) in [5.41, 5.74) is 2.41. The van der Waals surface area contributed by atoms with Crippen LogP contribution in [0.3, 0.4) is 0 Å². The fourth-order valence-corrected chi connectivity index (χ4v) is 1.75. The number of methoxy groups -OCH3 is 1. The van der Waals surface area contributed by atoms with Crippen LogP contribution in [-0.4, -0.2) is 13.2 Å². The molecule has 2 nitrogen and oxygen atoms in total. The molecule has 0 aliphatic heterocycles. The average Bonchev–Trinajstić information content (AvgIpc) is 2.35. The van der Waals surface area contributed by atoms with Crippen molar-refractivity contribution in [3.8, 4) is 0 Å². The molecule has 0 saturated heterocycles. The van der Waals surface area contributed by atoms with Crippen LogP contribution in [0.1, 0.15) is 45.3 Å². The molecule has 90 valence electrons. The molecular formula is C14H23NO. The van der Waals surface area contributed by atoms with E-state index in [-0.39, 0.29) is 6.10 Å². The predicted octanol–water partition coefficient (Wildman–Crippen LogP) is 3.99. The fourth-order valence-electron chi connectivity index (χ4n) is 1.75. The predicted molar refractivity (Wildman–Crippen MR) is 69.9 cm³/mol. The first kappa shape index (κ1) is 13.0. The molecule has 0 fully saturated rings. The first-order valence-corrected chi connectivity index (χ1v) is 6.10. The van der Waals surface area contributed by atoms with E-state index in [0.717, 1.165) is 12.8 Å². The van der Waals surface area contributed by atoms with Gasteiger partial charge in [0.05, 0.1) is 6.10 Å². The lowest BCUT2D eigenvalue weighted by Gasteiger charge is -2.18. The summed E-state index contributed by atoms with van der Waals surface area (Å²) in [5.74, 6) is 0. The molecule has 16 heavy (non-hydrogen) atoms. The highest BCUT2D eigenvalue weighted by atomic mass is 16.5. The van der Waals surface area contributed by atoms with Gasteiger partial charge in [-0.2, -0.15) is 0 Å². The molecule has 0 aliphatic rings. The summed E-state index contributed by atoms with van der Waals surface area (Å²) in [6.45, 7) is 6.49. The Morgan fingerprint density at radius 2 is 1.94 bits per heavy atom. The first-order valence-electron chi connectivity index (χ1n) is 6.10. The zero-order chi connectivity index (χ0) is 12.0. The lowest BCUT2D eigenvalue weighted by molar-refractivity contribution is 0.119. The van der Waals surface area contributed by atoms with Crippen molar-refractivity contribution >= 4 is 5.69 Å². The molecule has 1 rings (SSSR count). The van der Waals surface area contributed by atoms with Crippen LogP contribution >= 0.6 is 0 Å². The molecule has 1 atom stereocenters. The van der Waals surface area contributed by atoms with Gasteiger partial charge in [0.25, 0.3) is 0 Å². The molecule has 1 aromatic carbocycles. The average molecular weight is 221 g/mol. The van der Waals surface area contributed by atoms with Gasteiger partial charge in [-0.05, 0) is 37.5 Å². The highest BCUT2D eigenvalue weighted by Gasteiger charge is 2.06. The highest BCUT2D eigenvalue weighted by Crippen LogP contribution is 2.20. The Kier molecular flexibility index (Phi) is 5.33. The molecular weight excluding hydrogens is 198 g/mol. The molecule has 0 spiro atoms. The van der Waals surface area contributed by atoms with Crippen LogP contribution in [0, 0.1) is 0 Å². The number of benzene rings is 1. The Morgan fingerprint density at radius 1 is 1.25 bits per heavy atom. The largest absolute Gasteiger partial charge is 0.382 e. The van der Waals surface area contributed by atoms with E-state index in [2.05, 4.69) is 50.4 Å². The molecule has 0 amide bonds. The minimum atomic E-state index is 0.156. The lowest BCUT2D eigenvalue weighted by Crippen LogP contribution is -2.17. The van der Waals surface area contributed by atoms with E-state index in [4.69, 9.17) is 4.74 Å². The number of rotatable bonds is 6. The second-order valence-electron chi connectivity index (χ2n) is 4.16. The van der Waals surface area contributed by atoms with Crippen molar-refractivity contribution in [2.75, 3.05) is 12.4 Å². The Balaban J connectivity index is 2.74. The molecule has 0 aliphatic carbocycles. The summed E-state index contributed by atoms with van der Waals surface area (Å²) in [4.78, 5) is 0. The summed E-state index contributed by atoms with van der Waals surface area (Å²) >= 11 is 0. The van der Waals surface area contributed by atoms with E-state index in [1.54, 1.807) is 7.11 Å². The zero-order valence-electron chi connectivity index (χ0n) is 10.8. The van der Waals surface area contributed by atoms with Crippen molar-refractivity contribution in [3.63, 3.8) is 0 Å². The summed E-state index contributed by atoms with van der Waals surface area (Å²) in [5, 5.41) is 3.54. The molecule has 1 N–H and O–H groups in total. The Morgan fingerprint density at radius 3 is 2.50 bits per heavy atom. The zero-order valence-corrected chi connectivity index (χ0v) is 10.8. The smallest absolute Gasteiger partial charge is 0.0793 e. The van der Waals surface area contributed by atoms with Crippen molar-refractivity contribution < 1.29 is 4.74 Å². The molecule has 0 bridgehead atoms. The fraction of sp³-hybridized carbons (Fsp3) is 0.571. The summed E-state index contributed by atoms with van der Waals surface area (Å²) in [7, 11) is 1.74. The van der Waals surface area contributed by atoms with Crippen LogP contribution in [0.2, 0.25) is 0 Å². The Bertz CT molecular complexity index is 307. The van der Waals surface area contributed by atoms with Gasteiger partial charge in [-0.1, -0.05) is 26.0 Å². The van der Waals surface area contributed by atoms with E-state index in [1.165, 1.54) is 11.3 Å². The van der Waals surface area contributed by atoms with Crippen LogP contribution in [0.5, 0.6) is 0 Å². The van der Waals surface area contributed by atoms with E-state index in [9.17, 15) is 0 Å². The second kappa shape index (κ2) is 6.54. The van der Waals surface area contributed by atoms with Crippen molar-refractivity contribution in [3.05, 3.63) is 29.8 Å². The maximum absolute atomic E-state index is 5.32. The first-order chi connectivity index (χ1) is 7.71. The van der Waals surface area contributed by atoms with Crippen LogP contribution < -0.4 is 5.32 Å². The maximum atomic E-state index is 5.32. The number of anilines is 1. The van der Waals surface area contributed by atoms with E-state index in [0.29, 0.717) is 6.04 Å². The van der Waals surface area contributed by atoms with Crippen LogP contribution in [0.15, 0.2) is 24.3 Å². The van der Waals surface area contributed by atoms with Gasteiger partial charge >= 0.3 is 0 Å². The third-order valence-corrected chi connectivity index (χ3v) is 3.07. The normalized spacial score (nSPS) is 12.8. The van der Waals surface area contributed by atoms with Gasteiger partial charge in [0.15, 0.2) is 0 Å². The van der Waals surface area contributed by atoms with Crippen LogP contribution in [-0.2, 0) is 4.74 Å². The summed E-state index contributed by atoms with van der Waals surface area (Å²) in [6, 6.07) is 9.03. The summed E-state index contributed by atoms with van der Waals surface area (Å²) < 4.78 is 5.32. The van der Waals surface area contributed by atoms with Crippen LogP contribution in [0.4, 0.5) is 5.69 Å². The lowest BCUT2D eigenvalue weighted by atomic mass is 10.1. The number of nitrogens with one attached hydrogen (secondary N) is 1. The topological polar surface area (TPSA) is 21.3 Å². The maximum Gasteiger partial charge on any atom is 0.0793 e. The minimum absolute atomic E-state index is 0.156. The molecule has 0 heterocycles. The highest BCUT2D eigenvalue weighted by molar-refractivity contribution is 5.47. The standard InChI is InChI=1S/C14H23NO/c1-5-13(6-2)15-14-9-7-8-12(10-14)11(3)16-4/h7-11,13,15H,5-6H2,1-4H3. The van der Waals surface area contributed by atoms with Gasteiger partial charge in [-0.3, -0.25) is 0 Å². The Hall–Kier alpha value is -1.02. The van der Waals surface area contributed by atoms with Crippen molar-refractivity contribution in [2.24, 2.45) is 0 Å². The van der Waals surface area contributed by atoms with E-state index in [1.807, 2.05) is 0 Å². The SMILES string of the molecule is CCC(CC)Nc1cccc(C(C)OC)c1. The van der Waals surface area contributed by atoms with Gasteiger partial charge in [0, 0.05) is 18.8 Å².